The lowest BCUT2D eigenvalue weighted by Crippen LogP contribution is -2.30. The molecular formula is C24H22FNO5S. The van der Waals surface area contributed by atoms with Crippen molar-refractivity contribution in [2.24, 2.45) is 0 Å². The van der Waals surface area contributed by atoms with Crippen molar-refractivity contribution in [3.05, 3.63) is 101 Å². The molecule has 1 atom stereocenters. The van der Waals surface area contributed by atoms with Gasteiger partial charge in [-0.25, -0.2) is 12.8 Å². The van der Waals surface area contributed by atoms with Gasteiger partial charge in [-0.05, 0) is 47.5 Å². The lowest BCUT2D eigenvalue weighted by molar-refractivity contribution is -0.141. The highest BCUT2D eigenvalue weighted by atomic mass is 32.2. The van der Waals surface area contributed by atoms with Gasteiger partial charge in [-0.1, -0.05) is 42.5 Å². The highest BCUT2D eigenvalue weighted by molar-refractivity contribution is 7.90. The first-order valence-corrected chi connectivity index (χ1v) is 11.4. The highest BCUT2D eigenvalue weighted by Gasteiger charge is 2.20. The third-order valence-corrected chi connectivity index (χ3v) is 6.56. The zero-order chi connectivity index (χ0) is 23.1. The van der Waals surface area contributed by atoms with Crippen LogP contribution in [0, 0.1) is 5.82 Å². The Morgan fingerprint density at radius 3 is 2.16 bits per heavy atom. The molecule has 0 fully saturated rings. The van der Waals surface area contributed by atoms with Crippen molar-refractivity contribution in [3.8, 4) is 0 Å². The number of carbonyl (C=O) groups is 2. The Balaban J connectivity index is 1.73. The fraction of sp³-hybridized carbons (Fsp3) is 0.167. The van der Waals surface area contributed by atoms with E-state index in [1.165, 1.54) is 55.6 Å². The van der Waals surface area contributed by atoms with E-state index < -0.39 is 33.6 Å². The van der Waals surface area contributed by atoms with Crippen LogP contribution < -0.4 is 5.32 Å². The summed E-state index contributed by atoms with van der Waals surface area (Å²) < 4.78 is 43.0. The molecule has 0 radical (unpaired) electrons. The summed E-state index contributed by atoms with van der Waals surface area (Å²) in [6.45, 7) is 0. The average Bonchev–Trinajstić information content (AvgIpc) is 2.80. The second kappa shape index (κ2) is 10.2. The first-order chi connectivity index (χ1) is 15.3. The number of amides is 1. The van der Waals surface area contributed by atoms with Crippen LogP contribution in [0.15, 0.2) is 83.8 Å². The molecule has 3 aromatic carbocycles. The highest BCUT2D eigenvalue weighted by Crippen LogP contribution is 2.20. The minimum Gasteiger partial charge on any atom is -0.469 e. The van der Waals surface area contributed by atoms with E-state index >= 15 is 0 Å². The van der Waals surface area contributed by atoms with E-state index in [2.05, 4.69) is 5.32 Å². The van der Waals surface area contributed by atoms with E-state index in [0.29, 0.717) is 16.7 Å². The summed E-state index contributed by atoms with van der Waals surface area (Å²) in [7, 11) is -2.26. The molecule has 3 aromatic rings. The summed E-state index contributed by atoms with van der Waals surface area (Å²) in [4.78, 5) is 24.7. The number of nitrogens with one attached hydrogen (secondary N) is 1. The monoisotopic (exact) mass is 455 g/mol. The fourth-order valence-corrected chi connectivity index (χ4v) is 4.49. The van der Waals surface area contributed by atoms with Crippen LogP contribution in [0.25, 0.3) is 0 Å². The third-order valence-electron chi connectivity index (χ3n) is 4.85. The van der Waals surface area contributed by atoms with E-state index in [1.807, 2.05) is 0 Å². The predicted octanol–water partition coefficient (Wildman–Crippen LogP) is 3.83. The van der Waals surface area contributed by atoms with Crippen molar-refractivity contribution >= 4 is 21.7 Å². The standard InChI is InChI=1S/C24H22FNO5S/c1-31-23(27)15-22(18-11-13-20(25)14-12-18)26-24(28)19-9-7-17(8-10-19)16-32(29,30)21-5-3-2-4-6-21/h2-14,22H,15-16H2,1H3,(H,26,28). The molecule has 6 nitrogen and oxygen atoms in total. The van der Waals surface area contributed by atoms with Crippen LogP contribution in [-0.4, -0.2) is 27.4 Å². The number of esters is 1. The Bertz CT molecular complexity index is 1180. The summed E-state index contributed by atoms with van der Waals surface area (Å²) in [6, 6.07) is 19.1. The average molecular weight is 456 g/mol. The van der Waals surface area contributed by atoms with Crippen LogP contribution >= 0.6 is 0 Å². The quantitative estimate of drug-likeness (QED) is 0.522. The number of ether oxygens (including phenoxy) is 1. The van der Waals surface area contributed by atoms with E-state index in [1.54, 1.807) is 30.3 Å². The number of hydrogen-bond acceptors (Lipinski definition) is 5. The molecule has 166 valence electrons. The summed E-state index contributed by atoms with van der Waals surface area (Å²) in [6.07, 6.45) is -0.124. The van der Waals surface area contributed by atoms with Gasteiger partial charge >= 0.3 is 5.97 Å². The number of rotatable bonds is 8. The molecule has 32 heavy (non-hydrogen) atoms. The normalized spacial score (nSPS) is 12.1. The number of methoxy groups -OCH3 is 1. The second-order valence-electron chi connectivity index (χ2n) is 7.13. The Morgan fingerprint density at radius 1 is 0.938 bits per heavy atom. The molecule has 0 aliphatic heterocycles. The molecule has 0 heterocycles. The first kappa shape index (κ1) is 23.1. The minimum absolute atomic E-state index is 0.124. The fourth-order valence-electron chi connectivity index (χ4n) is 3.12. The molecule has 0 aromatic heterocycles. The molecule has 0 saturated carbocycles. The van der Waals surface area contributed by atoms with Gasteiger partial charge in [0.2, 0.25) is 0 Å². The van der Waals surface area contributed by atoms with Crippen LogP contribution in [0.1, 0.15) is 33.9 Å². The van der Waals surface area contributed by atoms with E-state index in [-0.39, 0.29) is 17.1 Å². The molecule has 0 bridgehead atoms. The van der Waals surface area contributed by atoms with Gasteiger partial charge in [0.25, 0.3) is 5.91 Å². The maximum atomic E-state index is 13.2. The van der Waals surface area contributed by atoms with Gasteiger partial charge in [-0.3, -0.25) is 9.59 Å². The van der Waals surface area contributed by atoms with E-state index in [0.717, 1.165) is 0 Å². The summed E-state index contributed by atoms with van der Waals surface area (Å²) >= 11 is 0. The second-order valence-corrected chi connectivity index (χ2v) is 9.12. The third kappa shape index (κ3) is 6.01. The van der Waals surface area contributed by atoms with Crippen LogP contribution in [0.2, 0.25) is 0 Å². The zero-order valence-electron chi connectivity index (χ0n) is 17.3. The molecular weight excluding hydrogens is 433 g/mol. The van der Waals surface area contributed by atoms with E-state index in [9.17, 15) is 22.4 Å². The van der Waals surface area contributed by atoms with Crippen molar-refractivity contribution in [2.75, 3.05) is 7.11 Å². The molecule has 1 N–H and O–H groups in total. The Labute approximate surface area is 186 Å². The van der Waals surface area contributed by atoms with Gasteiger partial charge in [-0.2, -0.15) is 0 Å². The van der Waals surface area contributed by atoms with Crippen molar-refractivity contribution in [1.82, 2.24) is 5.32 Å². The van der Waals surface area contributed by atoms with Gasteiger partial charge in [0.15, 0.2) is 9.84 Å². The Hall–Kier alpha value is -3.52. The van der Waals surface area contributed by atoms with Crippen molar-refractivity contribution in [3.63, 3.8) is 0 Å². The predicted molar refractivity (Wildman–Crippen MR) is 117 cm³/mol. The zero-order valence-corrected chi connectivity index (χ0v) is 18.1. The van der Waals surface area contributed by atoms with Crippen molar-refractivity contribution in [1.29, 1.82) is 0 Å². The minimum atomic E-state index is -3.50. The number of benzene rings is 3. The lowest BCUT2D eigenvalue weighted by Gasteiger charge is -2.18. The summed E-state index contributed by atoms with van der Waals surface area (Å²) in [5.41, 5.74) is 1.38. The number of halogens is 1. The number of hydrogen-bond donors (Lipinski definition) is 1. The number of sulfone groups is 1. The van der Waals surface area contributed by atoms with Gasteiger partial charge in [0.05, 0.1) is 30.2 Å². The summed E-state index contributed by atoms with van der Waals surface area (Å²) in [5, 5.41) is 2.75. The number of carbonyl (C=O) groups excluding carboxylic acids is 2. The first-order valence-electron chi connectivity index (χ1n) is 9.78. The van der Waals surface area contributed by atoms with Crippen LogP contribution in [0.4, 0.5) is 4.39 Å². The molecule has 1 unspecified atom stereocenters. The summed E-state index contributed by atoms with van der Waals surface area (Å²) in [5.74, 6) is -1.61. The molecule has 1 amide bonds. The molecule has 0 aliphatic carbocycles. The van der Waals surface area contributed by atoms with Gasteiger partial charge < -0.3 is 10.1 Å². The Kier molecular flexibility index (Phi) is 7.37. The van der Waals surface area contributed by atoms with Gasteiger partial charge in [0, 0.05) is 5.56 Å². The maximum absolute atomic E-state index is 13.2. The van der Waals surface area contributed by atoms with Crippen LogP contribution in [0.3, 0.4) is 0 Å². The largest absolute Gasteiger partial charge is 0.469 e. The Morgan fingerprint density at radius 2 is 1.56 bits per heavy atom. The lowest BCUT2D eigenvalue weighted by atomic mass is 10.0. The molecule has 8 heteroatoms. The van der Waals surface area contributed by atoms with Crippen molar-refractivity contribution < 1.29 is 27.1 Å². The maximum Gasteiger partial charge on any atom is 0.307 e. The van der Waals surface area contributed by atoms with Gasteiger partial charge in [-0.15, -0.1) is 0 Å². The smallest absolute Gasteiger partial charge is 0.307 e. The van der Waals surface area contributed by atoms with Crippen LogP contribution in [0.5, 0.6) is 0 Å². The molecule has 0 saturated heterocycles. The molecule has 3 rings (SSSR count). The molecule has 0 spiro atoms. The topological polar surface area (TPSA) is 89.5 Å². The SMILES string of the molecule is COC(=O)CC(NC(=O)c1ccc(CS(=O)(=O)c2ccccc2)cc1)c1ccc(F)cc1. The van der Waals surface area contributed by atoms with E-state index in [4.69, 9.17) is 4.74 Å². The van der Waals surface area contributed by atoms with Crippen LogP contribution in [-0.2, 0) is 25.1 Å². The van der Waals surface area contributed by atoms with Crippen molar-refractivity contribution in [2.45, 2.75) is 23.1 Å². The molecule has 0 aliphatic rings. The van der Waals surface area contributed by atoms with Gasteiger partial charge in [0.1, 0.15) is 5.82 Å².